The van der Waals surface area contributed by atoms with Crippen molar-refractivity contribution in [3.63, 3.8) is 0 Å². The molecule has 4 aromatic rings. The number of H-pyrrole nitrogens is 1. The van der Waals surface area contributed by atoms with Crippen LogP contribution in [0.4, 0.5) is 0 Å². The summed E-state index contributed by atoms with van der Waals surface area (Å²) in [5, 5.41) is 0.882. The second kappa shape index (κ2) is 6.60. The van der Waals surface area contributed by atoms with E-state index < -0.39 is 0 Å². The van der Waals surface area contributed by atoms with E-state index in [0.29, 0.717) is 24.1 Å². The molecule has 1 aliphatic rings. The van der Waals surface area contributed by atoms with Crippen molar-refractivity contribution >= 4 is 43.8 Å². The fourth-order valence-corrected chi connectivity index (χ4v) is 4.19. The Morgan fingerprint density at radius 2 is 2.00 bits per heavy atom. The summed E-state index contributed by atoms with van der Waals surface area (Å²) >= 11 is 3.45. The highest BCUT2D eigenvalue weighted by Gasteiger charge is 2.21. The molecule has 0 atom stereocenters. The number of hydrogen-bond acceptors (Lipinski definition) is 3. The van der Waals surface area contributed by atoms with Crippen molar-refractivity contribution in [2.45, 2.75) is 19.5 Å². The van der Waals surface area contributed by atoms with Gasteiger partial charge in [0.1, 0.15) is 17.6 Å². The van der Waals surface area contributed by atoms with Crippen molar-refractivity contribution in [1.82, 2.24) is 19.4 Å². The Morgan fingerprint density at radius 3 is 2.86 bits per heavy atom. The maximum atomic E-state index is 12.9. The number of hydrogen-bond donors (Lipinski definition) is 1. The first kappa shape index (κ1) is 17.2. The third kappa shape index (κ3) is 2.82. The van der Waals surface area contributed by atoms with Gasteiger partial charge in [0.05, 0.1) is 6.33 Å². The van der Waals surface area contributed by atoms with E-state index >= 15 is 0 Å². The van der Waals surface area contributed by atoms with E-state index in [1.165, 1.54) is 22.0 Å². The summed E-state index contributed by atoms with van der Waals surface area (Å²) in [6.07, 6.45) is 2.31. The molecule has 1 aliphatic heterocycles. The van der Waals surface area contributed by atoms with Gasteiger partial charge in [0.25, 0.3) is 5.56 Å². The number of fused-ring (bicyclic) bond motifs is 4. The predicted octanol–water partition coefficient (Wildman–Crippen LogP) is 3.23. The number of aromatic nitrogens is 3. The highest BCUT2D eigenvalue weighted by atomic mass is 79.9. The Balaban J connectivity index is 1.45. The van der Waals surface area contributed by atoms with Crippen LogP contribution in [0.3, 0.4) is 0 Å². The normalized spacial score (nSPS) is 13.8. The van der Waals surface area contributed by atoms with E-state index in [1.54, 1.807) is 4.90 Å². The second-order valence-corrected chi connectivity index (χ2v) is 7.97. The van der Waals surface area contributed by atoms with Gasteiger partial charge in [0, 0.05) is 28.5 Å². The number of benzene rings is 2. The summed E-state index contributed by atoms with van der Waals surface area (Å²) in [6.45, 7) is 1.24. The van der Waals surface area contributed by atoms with Gasteiger partial charge in [-0.25, -0.2) is 4.98 Å². The first-order chi connectivity index (χ1) is 13.6. The summed E-state index contributed by atoms with van der Waals surface area (Å²) in [5.41, 5.74) is 4.12. The number of aromatic amines is 1. The fourth-order valence-electron chi connectivity index (χ4n) is 3.83. The summed E-state index contributed by atoms with van der Waals surface area (Å²) in [7, 11) is 0. The minimum atomic E-state index is -0.233. The molecule has 0 saturated heterocycles. The lowest BCUT2D eigenvalue weighted by Crippen LogP contribution is -2.39. The zero-order valence-electron chi connectivity index (χ0n) is 15.0. The van der Waals surface area contributed by atoms with Gasteiger partial charge in [-0.3, -0.25) is 14.2 Å². The molecule has 0 bridgehead atoms. The zero-order chi connectivity index (χ0) is 19.3. The van der Waals surface area contributed by atoms with E-state index in [-0.39, 0.29) is 18.0 Å². The van der Waals surface area contributed by atoms with Crippen LogP contribution in [-0.4, -0.2) is 31.9 Å². The van der Waals surface area contributed by atoms with Gasteiger partial charge in [-0.2, -0.15) is 0 Å². The molecule has 0 radical (unpaired) electrons. The van der Waals surface area contributed by atoms with Gasteiger partial charge >= 0.3 is 0 Å². The quantitative estimate of drug-likeness (QED) is 0.524. The number of nitrogens with one attached hydrogen (secondary N) is 1. The third-order valence-electron chi connectivity index (χ3n) is 5.32. The van der Waals surface area contributed by atoms with Crippen LogP contribution in [0, 0.1) is 0 Å². The summed E-state index contributed by atoms with van der Waals surface area (Å²) in [6, 6.07) is 13.9. The van der Waals surface area contributed by atoms with Crippen LogP contribution in [0.15, 0.2) is 58.1 Å². The van der Waals surface area contributed by atoms with Crippen molar-refractivity contribution in [2.75, 3.05) is 6.54 Å². The molecular formula is C21H17BrN4O2. The average molecular weight is 437 g/mol. The highest BCUT2D eigenvalue weighted by molar-refractivity contribution is 9.10. The van der Waals surface area contributed by atoms with Crippen LogP contribution in [0.1, 0.15) is 11.1 Å². The molecule has 0 fully saturated rings. The van der Waals surface area contributed by atoms with Crippen molar-refractivity contribution in [3.8, 4) is 0 Å². The third-order valence-corrected chi connectivity index (χ3v) is 5.82. The Hall–Kier alpha value is -2.93. The molecule has 2 aromatic carbocycles. The summed E-state index contributed by atoms with van der Waals surface area (Å²) in [5.74, 6) is -0.0726. The van der Waals surface area contributed by atoms with Crippen molar-refractivity contribution < 1.29 is 4.79 Å². The van der Waals surface area contributed by atoms with Gasteiger partial charge in [-0.1, -0.05) is 40.2 Å². The molecule has 1 amide bonds. The summed E-state index contributed by atoms with van der Waals surface area (Å²) in [4.78, 5) is 35.1. The molecule has 5 rings (SSSR count). The molecule has 6 nitrogen and oxygen atoms in total. The minimum Gasteiger partial charge on any atom is -0.349 e. The van der Waals surface area contributed by atoms with E-state index in [0.717, 1.165) is 21.8 Å². The number of rotatable bonds is 2. The monoisotopic (exact) mass is 436 g/mol. The van der Waals surface area contributed by atoms with Crippen LogP contribution < -0.4 is 5.56 Å². The van der Waals surface area contributed by atoms with E-state index in [4.69, 9.17) is 0 Å². The number of carbonyl (C=O) groups is 1. The minimum absolute atomic E-state index is 0.0109. The lowest BCUT2D eigenvalue weighted by Gasteiger charge is -2.29. The standard InChI is InChI=1S/C21H17BrN4O2/c22-15-5-6-17-16(9-15)19-20(24-17)21(28)26(12-23-19)11-18(27)25-8-7-13-3-1-2-4-14(13)10-25/h1-6,9,12,24H,7-8,10-11H2. The fraction of sp³-hybridized carbons (Fsp3) is 0.190. The molecule has 2 aromatic heterocycles. The second-order valence-electron chi connectivity index (χ2n) is 7.05. The largest absolute Gasteiger partial charge is 0.349 e. The topological polar surface area (TPSA) is 71.0 Å². The molecular weight excluding hydrogens is 420 g/mol. The van der Waals surface area contributed by atoms with E-state index in [2.05, 4.69) is 38.0 Å². The van der Waals surface area contributed by atoms with Crippen LogP contribution in [-0.2, 0) is 24.3 Å². The Morgan fingerprint density at radius 1 is 1.18 bits per heavy atom. The SMILES string of the molecule is O=C(Cn1cnc2c([nH]c3ccc(Br)cc32)c1=O)N1CCc2ccccc2C1. The Labute approximate surface area is 168 Å². The van der Waals surface area contributed by atoms with Gasteiger partial charge in [0.15, 0.2) is 0 Å². The number of nitrogens with zero attached hydrogens (tertiary/aromatic N) is 3. The Bertz CT molecular complexity index is 1290. The van der Waals surface area contributed by atoms with Gasteiger partial charge in [-0.05, 0) is 35.7 Å². The molecule has 0 unspecified atom stereocenters. The molecule has 1 N–H and O–H groups in total. The lowest BCUT2D eigenvalue weighted by atomic mass is 10.00. The number of carbonyl (C=O) groups excluding carboxylic acids is 1. The zero-order valence-corrected chi connectivity index (χ0v) is 16.6. The smallest absolute Gasteiger partial charge is 0.278 e. The van der Waals surface area contributed by atoms with Crippen molar-refractivity contribution in [3.05, 3.63) is 74.7 Å². The number of halogens is 1. The lowest BCUT2D eigenvalue weighted by molar-refractivity contribution is -0.132. The first-order valence-corrected chi connectivity index (χ1v) is 9.90. The Kier molecular flexibility index (Phi) is 4.05. The van der Waals surface area contributed by atoms with Gasteiger partial charge in [-0.15, -0.1) is 0 Å². The maximum Gasteiger partial charge on any atom is 0.278 e. The molecule has 0 saturated carbocycles. The number of amides is 1. The predicted molar refractivity (Wildman–Crippen MR) is 111 cm³/mol. The van der Waals surface area contributed by atoms with Gasteiger partial charge in [0.2, 0.25) is 5.91 Å². The molecule has 140 valence electrons. The molecule has 3 heterocycles. The maximum absolute atomic E-state index is 12.9. The molecule has 7 heteroatoms. The molecule has 28 heavy (non-hydrogen) atoms. The summed E-state index contributed by atoms with van der Waals surface area (Å²) < 4.78 is 2.31. The first-order valence-electron chi connectivity index (χ1n) is 9.11. The van der Waals surface area contributed by atoms with Crippen LogP contribution in [0.5, 0.6) is 0 Å². The van der Waals surface area contributed by atoms with Gasteiger partial charge < -0.3 is 9.88 Å². The van der Waals surface area contributed by atoms with Crippen LogP contribution in [0.2, 0.25) is 0 Å². The molecule has 0 aliphatic carbocycles. The van der Waals surface area contributed by atoms with Crippen molar-refractivity contribution in [1.29, 1.82) is 0 Å². The van der Waals surface area contributed by atoms with Crippen molar-refractivity contribution in [2.24, 2.45) is 0 Å². The van der Waals surface area contributed by atoms with Crippen LogP contribution >= 0.6 is 15.9 Å². The highest BCUT2D eigenvalue weighted by Crippen LogP contribution is 2.25. The average Bonchev–Trinajstić information content (AvgIpc) is 3.08. The van der Waals surface area contributed by atoms with Crippen LogP contribution in [0.25, 0.3) is 21.9 Å². The van der Waals surface area contributed by atoms with E-state index in [1.807, 2.05) is 30.3 Å². The molecule has 0 spiro atoms. The van der Waals surface area contributed by atoms with E-state index in [9.17, 15) is 9.59 Å².